The normalized spacial score (nSPS) is 18.2. The van der Waals surface area contributed by atoms with E-state index in [0.717, 1.165) is 19.5 Å². The molecule has 1 aliphatic heterocycles. The summed E-state index contributed by atoms with van der Waals surface area (Å²) in [6.07, 6.45) is 8.52. The number of nitrogens with zero attached hydrogens (tertiary/aromatic N) is 1. The molecule has 0 amide bonds. The second kappa shape index (κ2) is 15.4. The predicted octanol–water partition coefficient (Wildman–Crippen LogP) is 6.84. The van der Waals surface area contributed by atoms with Crippen LogP contribution < -0.4 is 14.8 Å². The van der Waals surface area contributed by atoms with Crippen molar-refractivity contribution in [3.05, 3.63) is 121 Å². The van der Waals surface area contributed by atoms with Crippen LogP contribution in [0.1, 0.15) is 43.7 Å². The molecule has 1 aliphatic rings. The Morgan fingerprint density at radius 3 is 2.10 bits per heavy atom. The Kier molecular flexibility index (Phi) is 11.4. The number of nitrogens with one attached hydrogen (secondary N) is 1. The quantitative estimate of drug-likeness (QED) is 0.142. The zero-order valence-corrected chi connectivity index (χ0v) is 24.4. The van der Waals surface area contributed by atoms with E-state index >= 15 is 0 Å². The summed E-state index contributed by atoms with van der Waals surface area (Å²) in [4.78, 5) is 4.86. The van der Waals surface area contributed by atoms with Crippen molar-refractivity contribution in [2.45, 2.75) is 44.2 Å². The number of benzene rings is 3. The molecule has 216 valence electrons. The molecule has 41 heavy (non-hydrogen) atoms. The maximum Gasteiger partial charge on any atom is 0.161 e. The van der Waals surface area contributed by atoms with Crippen molar-refractivity contribution in [2.75, 3.05) is 26.3 Å². The molecule has 0 radical (unpaired) electrons. The molecule has 4 unspecified atom stereocenters. The van der Waals surface area contributed by atoms with E-state index in [9.17, 15) is 5.11 Å². The Hall–Kier alpha value is -3.67. The fourth-order valence-corrected chi connectivity index (χ4v) is 5.61. The lowest BCUT2D eigenvalue weighted by Crippen LogP contribution is -2.42. The number of hydrogen-bond donors (Lipinski definition) is 2. The van der Waals surface area contributed by atoms with E-state index in [-0.39, 0.29) is 12.5 Å². The number of rotatable bonds is 17. The van der Waals surface area contributed by atoms with Crippen molar-refractivity contribution in [1.29, 1.82) is 0 Å². The second-order valence-corrected chi connectivity index (χ2v) is 11.0. The third kappa shape index (κ3) is 8.42. The summed E-state index contributed by atoms with van der Waals surface area (Å²) in [6.45, 7) is 10.6. The molecule has 3 aromatic carbocycles. The fraction of sp³-hybridized carbons (Fsp3) is 0.361. The van der Waals surface area contributed by atoms with Crippen molar-refractivity contribution in [3.8, 4) is 11.5 Å². The molecule has 0 saturated heterocycles. The van der Waals surface area contributed by atoms with Gasteiger partial charge in [0.1, 0.15) is 13.2 Å². The third-order valence-corrected chi connectivity index (χ3v) is 8.11. The molecule has 0 aliphatic carbocycles. The highest BCUT2D eigenvalue weighted by molar-refractivity contribution is 5.75. The lowest BCUT2D eigenvalue weighted by atomic mass is 9.75. The van der Waals surface area contributed by atoms with Crippen LogP contribution in [0.3, 0.4) is 0 Å². The average molecular weight is 553 g/mol. The van der Waals surface area contributed by atoms with Gasteiger partial charge in [0, 0.05) is 18.6 Å². The Labute approximate surface area is 245 Å². The minimum Gasteiger partial charge on any atom is -0.487 e. The number of aliphatic hydroxyl groups excluding tert-OH is 1. The molecule has 1 heterocycles. The van der Waals surface area contributed by atoms with Gasteiger partial charge in [-0.25, -0.2) is 0 Å². The zero-order valence-electron chi connectivity index (χ0n) is 24.4. The fourth-order valence-electron chi connectivity index (χ4n) is 5.61. The second-order valence-electron chi connectivity index (χ2n) is 11.0. The SMILES string of the molecule is C=CCOc1ccccc1OCC(O)CC1(C(C)C(C)CNCCC(c2ccccc2)c2ccccc2)C=CC=N1. The van der Waals surface area contributed by atoms with Crippen molar-refractivity contribution < 1.29 is 14.6 Å². The van der Waals surface area contributed by atoms with Gasteiger partial charge in [0.15, 0.2) is 11.5 Å². The molecule has 0 aromatic heterocycles. The molecular weight excluding hydrogens is 508 g/mol. The first-order valence-electron chi connectivity index (χ1n) is 14.7. The van der Waals surface area contributed by atoms with Crippen LogP contribution in [0.5, 0.6) is 11.5 Å². The van der Waals surface area contributed by atoms with Crippen LogP contribution in [0.2, 0.25) is 0 Å². The summed E-state index contributed by atoms with van der Waals surface area (Å²) in [5, 5.41) is 14.7. The minimum absolute atomic E-state index is 0.166. The molecule has 0 bridgehead atoms. The van der Waals surface area contributed by atoms with Crippen LogP contribution in [0.15, 0.2) is 115 Å². The molecule has 4 rings (SSSR count). The molecule has 0 fully saturated rings. The first-order chi connectivity index (χ1) is 20.0. The van der Waals surface area contributed by atoms with Gasteiger partial charge < -0.3 is 19.9 Å². The maximum absolute atomic E-state index is 11.0. The molecule has 4 atom stereocenters. The maximum atomic E-state index is 11.0. The number of aliphatic hydroxyl groups is 1. The largest absolute Gasteiger partial charge is 0.487 e. The van der Waals surface area contributed by atoms with Gasteiger partial charge in [0.05, 0.1) is 11.6 Å². The van der Waals surface area contributed by atoms with E-state index < -0.39 is 11.6 Å². The summed E-state index contributed by atoms with van der Waals surface area (Å²) in [7, 11) is 0. The van der Waals surface area contributed by atoms with Crippen LogP contribution in [-0.4, -0.2) is 49.3 Å². The van der Waals surface area contributed by atoms with Crippen molar-refractivity contribution >= 4 is 6.21 Å². The molecule has 3 aromatic rings. The lowest BCUT2D eigenvalue weighted by Gasteiger charge is -2.37. The minimum atomic E-state index is -0.678. The summed E-state index contributed by atoms with van der Waals surface area (Å²) >= 11 is 0. The molecule has 5 nitrogen and oxygen atoms in total. The topological polar surface area (TPSA) is 63.1 Å². The van der Waals surface area contributed by atoms with Gasteiger partial charge in [-0.2, -0.15) is 0 Å². The Morgan fingerprint density at radius 1 is 0.902 bits per heavy atom. The van der Waals surface area contributed by atoms with E-state index in [1.807, 2.05) is 36.6 Å². The van der Waals surface area contributed by atoms with Crippen molar-refractivity contribution in [3.63, 3.8) is 0 Å². The standard InChI is InChI=1S/C36H44N2O3/c1-4-24-40-34-18-11-12-19-35(34)41-27-32(39)25-36(21-13-22-38-36)29(3)28(2)26-37-23-20-33(30-14-7-5-8-15-30)31-16-9-6-10-17-31/h4-19,21-22,28-29,32-33,37,39H,1,20,23-27H2,2-3H3. The Morgan fingerprint density at radius 2 is 1.51 bits per heavy atom. The number of para-hydroxylation sites is 2. The van der Waals surface area contributed by atoms with E-state index in [1.54, 1.807) is 6.08 Å². The van der Waals surface area contributed by atoms with Crippen LogP contribution in [-0.2, 0) is 0 Å². The predicted molar refractivity (Wildman–Crippen MR) is 169 cm³/mol. The lowest BCUT2D eigenvalue weighted by molar-refractivity contribution is 0.0701. The highest BCUT2D eigenvalue weighted by Crippen LogP contribution is 2.37. The van der Waals surface area contributed by atoms with Crippen molar-refractivity contribution in [1.82, 2.24) is 5.32 Å². The van der Waals surface area contributed by atoms with Gasteiger partial charge >= 0.3 is 0 Å². The Balaban J connectivity index is 1.30. The summed E-state index contributed by atoms with van der Waals surface area (Å²) < 4.78 is 11.7. The van der Waals surface area contributed by atoms with Crippen LogP contribution >= 0.6 is 0 Å². The number of ether oxygens (including phenoxy) is 2. The van der Waals surface area contributed by atoms with Crippen LogP contribution in [0.4, 0.5) is 0 Å². The highest BCUT2D eigenvalue weighted by atomic mass is 16.5. The number of allylic oxidation sites excluding steroid dienone is 1. The highest BCUT2D eigenvalue weighted by Gasteiger charge is 2.39. The van der Waals surface area contributed by atoms with Crippen LogP contribution in [0.25, 0.3) is 0 Å². The van der Waals surface area contributed by atoms with E-state index in [1.165, 1.54) is 11.1 Å². The van der Waals surface area contributed by atoms with Crippen LogP contribution in [0, 0.1) is 11.8 Å². The van der Waals surface area contributed by atoms with E-state index in [2.05, 4.69) is 92.5 Å². The van der Waals surface area contributed by atoms with Gasteiger partial charge in [-0.05, 0) is 60.7 Å². The molecule has 5 heteroatoms. The van der Waals surface area contributed by atoms with E-state index in [4.69, 9.17) is 14.5 Å². The summed E-state index contributed by atoms with van der Waals surface area (Å²) in [5.74, 6) is 2.18. The van der Waals surface area contributed by atoms with Gasteiger partial charge in [-0.3, -0.25) is 4.99 Å². The van der Waals surface area contributed by atoms with Gasteiger partial charge in [0.2, 0.25) is 0 Å². The Bertz CT molecular complexity index is 1210. The van der Waals surface area contributed by atoms with Crippen molar-refractivity contribution in [2.24, 2.45) is 16.8 Å². The first kappa shape index (κ1) is 30.3. The number of hydrogen-bond acceptors (Lipinski definition) is 5. The number of aliphatic imine (C=N–C) groups is 1. The smallest absolute Gasteiger partial charge is 0.161 e. The monoisotopic (exact) mass is 552 g/mol. The molecule has 0 saturated carbocycles. The van der Waals surface area contributed by atoms with Gasteiger partial charge in [-0.15, -0.1) is 0 Å². The summed E-state index contributed by atoms with van der Waals surface area (Å²) in [5.41, 5.74) is 2.23. The molecule has 0 spiro atoms. The first-order valence-corrected chi connectivity index (χ1v) is 14.7. The third-order valence-electron chi connectivity index (χ3n) is 8.11. The summed E-state index contributed by atoms with van der Waals surface area (Å²) in [6, 6.07) is 29.0. The average Bonchev–Trinajstić information content (AvgIpc) is 3.49. The van der Waals surface area contributed by atoms with E-state index in [0.29, 0.717) is 36.4 Å². The molecular formula is C36H44N2O3. The zero-order chi connectivity index (χ0) is 28.9. The van der Waals surface area contributed by atoms with Gasteiger partial charge in [-0.1, -0.05) is 105 Å². The van der Waals surface area contributed by atoms with Gasteiger partial charge in [0.25, 0.3) is 0 Å². The molecule has 2 N–H and O–H groups in total.